The number of rotatable bonds is 3. The molecule has 7 nitrogen and oxygen atoms in total. The van der Waals surface area contributed by atoms with Crippen LogP contribution in [0.15, 0.2) is 36.4 Å². The molecule has 4 rings (SSSR count). The van der Waals surface area contributed by atoms with Crippen molar-refractivity contribution in [3.63, 3.8) is 0 Å². The standard InChI is InChI=1S/C19H17ClN4O3S/c1-12-2-4-15-17(10-12)28-19(21-15)23-8-6-22(7-9-23)18(25)14-11-13(20)3-5-16(14)24(26)27/h2-5,10-11H,6-9H2,1H3. The van der Waals surface area contributed by atoms with Crippen molar-refractivity contribution < 1.29 is 9.72 Å². The Morgan fingerprint density at radius 3 is 2.64 bits per heavy atom. The van der Waals surface area contributed by atoms with E-state index in [9.17, 15) is 14.9 Å². The lowest BCUT2D eigenvalue weighted by Crippen LogP contribution is -2.48. The van der Waals surface area contributed by atoms with Gasteiger partial charge in [-0.05, 0) is 36.8 Å². The van der Waals surface area contributed by atoms with Gasteiger partial charge in [-0.2, -0.15) is 0 Å². The van der Waals surface area contributed by atoms with E-state index in [0.29, 0.717) is 31.2 Å². The van der Waals surface area contributed by atoms with Crippen LogP contribution in [0.25, 0.3) is 10.2 Å². The Kier molecular flexibility index (Phi) is 4.91. The van der Waals surface area contributed by atoms with E-state index in [1.54, 1.807) is 16.2 Å². The molecule has 28 heavy (non-hydrogen) atoms. The van der Waals surface area contributed by atoms with Crippen molar-refractivity contribution >= 4 is 49.9 Å². The summed E-state index contributed by atoms with van der Waals surface area (Å²) in [5.41, 5.74) is 1.97. The third kappa shape index (κ3) is 3.53. The van der Waals surface area contributed by atoms with Crippen LogP contribution in [0.5, 0.6) is 0 Å². The molecule has 0 bridgehead atoms. The molecule has 1 aromatic heterocycles. The summed E-state index contributed by atoms with van der Waals surface area (Å²) in [7, 11) is 0. The number of nitrogens with zero attached hydrogens (tertiary/aromatic N) is 4. The molecular formula is C19H17ClN4O3S. The number of thiazole rings is 1. The van der Waals surface area contributed by atoms with Crippen LogP contribution in [0.2, 0.25) is 5.02 Å². The van der Waals surface area contributed by atoms with Crippen molar-refractivity contribution in [2.45, 2.75) is 6.92 Å². The molecule has 1 aliphatic heterocycles. The summed E-state index contributed by atoms with van der Waals surface area (Å²) in [6.45, 7) is 4.24. The monoisotopic (exact) mass is 416 g/mol. The van der Waals surface area contributed by atoms with E-state index < -0.39 is 4.92 Å². The van der Waals surface area contributed by atoms with Gasteiger partial charge in [-0.15, -0.1) is 0 Å². The highest BCUT2D eigenvalue weighted by atomic mass is 35.5. The zero-order chi connectivity index (χ0) is 19.8. The summed E-state index contributed by atoms with van der Waals surface area (Å²) in [6.07, 6.45) is 0. The first-order valence-corrected chi connectivity index (χ1v) is 9.97. The summed E-state index contributed by atoms with van der Waals surface area (Å²) >= 11 is 7.59. The smallest absolute Gasteiger partial charge is 0.282 e. The Bertz CT molecular complexity index is 1080. The molecule has 0 saturated carbocycles. The van der Waals surface area contributed by atoms with Gasteiger partial charge in [0.2, 0.25) is 0 Å². The molecule has 0 N–H and O–H groups in total. The van der Waals surface area contributed by atoms with Gasteiger partial charge >= 0.3 is 0 Å². The number of carbonyl (C=O) groups is 1. The minimum Gasteiger partial charge on any atom is -0.345 e. The Labute approximate surface area is 170 Å². The van der Waals surface area contributed by atoms with Gasteiger partial charge in [0.25, 0.3) is 11.6 Å². The lowest BCUT2D eigenvalue weighted by molar-refractivity contribution is -0.385. The zero-order valence-electron chi connectivity index (χ0n) is 15.1. The summed E-state index contributed by atoms with van der Waals surface area (Å²) in [4.78, 5) is 32.0. The van der Waals surface area contributed by atoms with Gasteiger partial charge in [0.15, 0.2) is 5.13 Å². The third-order valence-corrected chi connectivity index (χ3v) is 6.07. The number of carbonyl (C=O) groups excluding carboxylic acids is 1. The van der Waals surface area contributed by atoms with Crippen LogP contribution in [0, 0.1) is 17.0 Å². The fraction of sp³-hybridized carbons (Fsp3) is 0.263. The molecule has 1 aliphatic rings. The molecule has 9 heteroatoms. The number of aryl methyl sites for hydroxylation is 1. The van der Waals surface area contributed by atoms with Crippen LogP contribution in [0.1, 0.15) is 15.9 Å². The second kappa shape index (κ2) is 7.37. The molecule has 0 spiro atoms. The molecule has 2 heterocycles. The quantitative estimate of drug-likeness (QED) is 0.473. The highest BCUT2D eigenvalue weighted by Gasteiger charge is 2.28. The molecule has 0 unspecified atom stereocenters. The van der Waals surface area contributed by atoms with Crippen molar-refractivity contribution in [2.75, 3.05) is 31.1 Å². The highest BCUT2D eigenvalue weighted by Crippen LogP contribution is 2.30. The normalized spacial score (nSPS) is 14.5. The van der Waals surface area contributed by atoms with Crippen molar-refractivity contribution in [3.05, 3.63) is 62.7 Å². The fourth-order valence-electron chi connectivity index (χ4n) is 3.26. The molecule has 1 saturated heterocycles. The van der Waals surface area contributed by atoms with Gasteiger partial charge < -0.3 is 9.80 Å². The van der Waals surface area contributed by atoms with Gasteiger partial charge in [0.05, 0.1) is 15.1 Å². The minimum absolute atomic E-state index is 0.0291. The van der Waals surface area contributed by atoms with Gasteiger partial charge in [0, 0.05) is 37.3 Å². The van der Waals surface area contributed by atoms with Gasteiger partial charge in [-0.1, -0.05) is 29.0 Å². The number of hydrogen-bond acceptors (Lipinski definition) is 6. The van der Waals surface area contributed by atoms with Crippen LogP contribution in [0.3, 0.4) is 0 Å². The van der Waals surface area contributed by atoms with Crippen LogP contribution >= 0.6 is 22.9 Å². The van der Waals surface area contributed by atoms with Crippen LogP contribution in [-0.4, -0.2) is 46.9 Å². The second-order valence-corrected chi connectivity index (χ2v) is 8.11. The Hall–Kier alpha value is -2.71. The topological polar surface area (TPSA) is 79.6 Å². The average Bonchev–Trinajstić information content (AvgIpc) is 3.10. The number of amides is 1. The molecule has 2 aromatic carbocycles. The first-order chi connectivity index (χ1) is 13.4. The summed E-state index contributed by atoms with van der Waals surface area (Å²) in [5.74, 6) is -0.367. The lowest BCUT2D eigenvalue weighted by atomic mass is 10.1. The van der Waals surface area contributed by atoms with E-state index >= 15 is 0 Å². The number of hydrogen-bond donors (Lipinski definition) is 0. The number of aromatic nitrogens is 1. The van der Waals surface area contributed by atoms with E-state index in [1.165, 1.54) is 23.8 Å². The van der Waals surface area contributed by atoms with E-state index in [2.05, 4.69) is 22.9 Å². The zero-order valence-corrected chi connectivity index (χ0v) is 16.7. The number of halogens is 1. The van der Waals surface area contributed by atoms with Crippen molar-refractivity contribution in [2.24, 2.45) is 0 Å². The predicted molar refractivity (Wildman–Crippen MR) is 111 cm³/mol. The number of anilines is 1. The maximum absolute atomic E-state index is 12.8. The fourth-order valence-corrected chi connectivity index (χ4v) is 4.55. The largest absolute Gasteiger partial charge is 0.345 e. The maximum Gasteiger partial charge on any atom is 0.282 e. The maximum atomic E-state index is 12.8. The molecule has 3 aromatic rings. The molecule has 0 aliphatic carbocycles. The Balaban J connectivity index is 1.50. The molecule has 1 amide bonds. The Morgan fingerprint density at radius 2 is 1.93 bits per heavy atom. The molecule has 144 valence electrons. The Morgan fingerprint density at radius 1 is 1.18 bits per heavy atom. The SMILES string of the molecule is Cc1ccc2nc(N3CCN(C(=O)c4cc(Cl)ccc4[N+](=O)[O-])CC3)sc2c1. The highest BCUT2D eigenvalue weighted by molar-refractivity contribution is 7.22. The van der Waals surface area contributed by atoms with E-state index in [0.717, 1.165) is 15.3 Å². The predicted octanol–water partition coefficient (Wildman–Crippen LogP) is 4.13. The summed E-state index contributed by atoms with van der Waals surface area (Å²) in [5, 5.41) is 12.5. The van der Waals surface area contributed by atoms with Crippen molar-refractivity contribution in [1.82, 2.24) is 9.88 Å². The summed E-state index contributed by atoms with van der Waals surface area (Å²) in [6, 6.07) is 10.2. The van der Waals surface area contributed by atoms with Crippen molar-refractivity contribution in [1.29, 1.82) is 0 Å². The van der Waals surface area contributed by atoms with Gasteiger partial charge in [0.1, 0.15) is 5.56 Å². The summed E-state index contributed by atoms with van der Waals surface area (Å²) < 4.78 is 1.14. The lowest BCUT2D eigenvalue weighted by Gasteiger charge is -2.34. The van der Waals surface area contributed by atoms with E-state index in [-0.39, 0.29) is 17.2 Å². The number of nitro benzene ring substituents is 1. The van der Waals surface area contributed by atoms with Crippen LogP contribution in [-0.2, 0) is 0 Å². The first-order valence-electron chi connectivity index (χ1n) is 8.78. The molecule has 1 fully saturated rings. The van der Waals surface area contributed by atoms with Crippen LogP contribution < -0.4 is 4.90 Å². The minimum atomic E-state index is -0.553. The third-order valence-electron chi connectivity index (χ3n) is 4.76. The van der Waals surface area contributed by atoms with Gasteiger partial charge in [-0.25, -0.2) is 4.98 Å². The number of benzene rings is 2. The molecule has 0 radical (unpaired) electrons. The molecular weight excluding hydrogens is 400 g/mol. The average molecular weight is 417 g/mol. The van der Waals surface area contributed by atoms with E-state index in [4.69, 9.17) is 11.6 Å². The number of fused-ring (bicyclic) bond motifs is 1. The number of piperazine rings is 1. The molecule has 0 atom stereocenters. The number of nitro groups is 1. The first kappa shape index (κ1) is 18.6. The van der Waals surface area contributed by atoms with Crippen molar-refractivity contribution in [3.8, 4) is 0 Å². The second-order valence-electron chi connectivity index (χ2n) is 6.67. The van der Waals surface area contributed by atoms with E-state index in [1.807, 2.05) is 12.1 Å². The van der Waals surface area contributed by atoms with Gasteiger partial charge in [-0.3, -0.25) is 14.9 Å². The van der Waals surface area contributed by atoms with Crippen LogP contribution in [0.4, 0.5) is 10.8 Å².